The van der Waals surface area contributed by atoms with Crippen LogP contribution in [-0.2, 0) is 0 Å². The quantitative estimate of drug-likeness (QED) is 0.420. The molecule has 4 rings (SSSR count). The average molecular weight is 374 g/mol. The summed E-state index contributed by atoms with van der Waals surface area (Å²) < 4.78 is 5.78. The molecule has 0 saturated heterocycles. The lowest BCUT2D eigenvalue weighted by atomic mass is 10.1. The highest BCUT2D eigenvalue weighted by molar-refractivity contribution is 6.06. The topological polar surface area (TPSA) is 111 Å². The zero-order valence-corrected chi connectivity index (χ0v) is 14.7. The summed E-state index contributed by atoms with van der Waals surface area (Å²) in [7, 11) is 0. The Bertz CT molecular complexity index is 1200. The molecule has 0 atom stereocenters. The van der Waals surface area contributed by atoms with E-state index < -0.39 is 10.8 Å². The minimum absolute atomic E-state index is 0.0969. The third-order valence-electron chi connectivity index (χ3n) is 4.32. The molecule has 2 aromatic heterocycles. The van der Waals surface area contributed by atoms with E-state index in [9.17, 15) is 14.9 Å². The maximum Gasteiger partial charge on any atom is 0.273 e. The monoisotopic (exact) mass is 374 g/mol. The molecule has 138 valence electrons. The molecule has 8 nitrogen and oxygen atoms in total. The van der Waals surface area contributed by atoms with Gasteiger partial charge in [-0.1, -0.05) is 6.07 Å². The van der Waals surface area contributed by atoms with Gasteiger partial charge in [-0.25, -0.2) is 4.98 Å². The highest BCUT2D eigenvalue weighted by Crippen LogP contribution is 2.27. The average Bonchev–Trinajstić information content (AvgIpc) is 3.12. The van der Waals surface area contributed by atoms with Crippen molar-refractivity contribution in [3.8, 4) is 11.5 Å². The maximum atomic E-state index is 12.6. The van der Waals surface area contributed by atoms with Gasteiger partial charge in [-0.2, -0.15) is 0 Å². The van der Waals surface area contributed by atoms with E-state index in [1.54, 1.807) is 55.7 Å². The number of hydrogen-bond acceptors (Lipinski definition) is 6. The van der Waals surface area contributed by atoms with Crippen molar-refractivity contribution in [2.24, 2.45) is 0 Å². The zero-order valence-electron chi connectivity index (χ0n) is 14.7. The second kappa shape index (κ2) is 6.92. The minimum atomic E-state index is -0.507. The number of anilines is 1. The molecule has 0 aliphatic heterocycles. The molecule has 0 saturated carbocycles. The van der Waals surface area contributed by atoms with Gasteiger partial charge < -0.3 is 9.73 Å². The van der Waals surface area contributed by atoms with E-state index in [0.29, 0.717) is 28.2 Å². The van der Waals surface area contributed by atoms with Gasteiger partial charge in [-0.15, -0.1) is 0 Å². The summed E-state index contributed by atoms with van der Waals surface area (Å²) in [5, 5.41) is 13.8. The van der Waals surface area contributed by atoms with Crippen molar-refractivity contribution in [1.82, 2.24) is 9.97 Å². The van der Waals surface area contributed by atoms with Crippen molar-refractivity contribution in [3.63, 3.8) is 0 Å². The van der Waals surface area contributed by atoms with Crippen LogP contribution in [0.2, 0.25) is 0 Å². The zero-order chi connectivity index (χ0) is 19.7. The number of pyridine rings is 1. The van der Waals surface area contributed by atoms with E-state index in [2.05, 4.69) is 15.3 Å². The van der Waals surface area contributed by atoms with Crippen LogP contribution in [0.15, 0.2) is 65.3 Å². The van der Waals surface area contributed by atoms with E-state index in [0.717, 1.165) is 5.56 Å². The molecule has 0 aliphatic carbocycles. The summed E-state index contributed by atoms with van der Waals surface area (Å²) >= 11 is 0. The fourth-order valence-electron chi connectivity index (χ4n) is 2.89. The van der Waals surface area contributed by atoms with Crippen LogP contribution in [0.5, 0.6) is 0 Å². The third-order valence-corrected chi connectivity index (χ3v) is 4.32. The number of amides is 1. The van der Waals surface area contributed by atoms with Crippen LogP contribution >= 0.6 is 0 Å². The second-order valence-electron chi connectivity index (χ2n) is 6.10. The summed E-state index contributed by atoms with van der Waals surface area (Å²) in [6.07, 6.45) is 3.30. The number of fused-ring (bicyclic) bond motifs is 1. The molecule has 0 fully saturated rings. The summed E-state index contributed by atoms with van der Waals surface area (Å²) in [5.74, 6) is 0.0184. The van der Waals surface area contributed by atoms with Crippen molar-refractivity contribution in [2.45, 2.75) is 6.92 Å². The van der Waals surface area contributed by atoms with Crippen LogP contribution < -0.4 is 5.32 Å². The van der Waals surface area contributed by atoms with Crippen LogP contribution in [0.25, 0.3) is 22.6 Å². The molecule has 2 aromatic carbocycles. The summed E-state index contributed by atoms with van der Waals surface area (Å²) in [4.78, 5) is 31.5. The van der Waals surface area contributed by atoms with Gasteiger partial charge in [0.15, 0.2) is 5.58 Å². The molecule has 2 heterocycles. The van der Waals surface area contributed by atoms with Gasteiger partial charge in [0.05, 0.1) is 4.92 Å². The number of carbonyl (C=O) groups excluding carboxylic acids is 1. The Balaban J connectivity index is 1.63. The number of hydrogen-bond donors (Lipinski definition) is 1. The van der Waals surface area contributed by atoms with Crippen molar-refractivity contribution >= 4 is 28.4 Å². The van der Waals surface area contributed by atoms with Crippen LogP contribution in [0.4, 0.5) is 11.4 Å². The molecule has 8 heteroatoms. The maximum absolute atomic E-state index is 12.6. The molecule has 0 bridgehead atoms. The smallest absolute Gasteiger partial charge is 0.273 e. The van der Waals surface area contributed by atoms with E-state index in [4.69, 9.17) is 4.42 Å². The molecule has 1 amide bonds. The minimum Gasteiger partial charge on any atom is -0.436 e. The highest BCUT2D eigenvalue weighted by atomic mass is 16.6. The van der Waals surface area contributed by atoms with E-state index >= 15 is 0 Å². The molecular formula is C20H14N4O4. The number of nitro benzene ring substituents is 1. The number of nitro groups is 1. The fraction of sp³-hybridized carbons (Fsp3) is 0.0500. The van der Waals surface area contributed by atoms with Crippen LogP contribution in [0.1, 0.15) is 15.9 Å². The molecule has 0 unspecified atom stereocenters. The SMILES string of the molecule is Cc1c(C(=O)Nc2ccc3nc(-c4ccncc4)oc3c2)cccc1[N+](=O)[O-]. The van der Waals surface area contributed by atoms with Gasteiger partial charge in [-0.3, -0.25) is 19.9 Å². The first kappa shape index (κ1) is 17.3. The number of oxazole rings is 1. The molecule has 0 aliphatic rings. The Morgan fingerprint density at radius 2 is 1.93 bits per heavy atom. The standard InChI is InChI=1S/C20H14N4O4/c1-12-15(3-2-4-17(12)24(26)27)19(25)22-14-5-6-16-18(11-14)28-20(23-16)13-7-9-21-10-8-13/h2-11H,1H3,(H,22,25). The summed E-state index contributed by atoms with van der Waals surface area (Å²) in [6, 6.07) is 13.1. The molecule has 0 spiro atoms. The molecule has 4 aromatic rings. The van der Waals surface area contributed by atoms with Gasteiger partial charge in [0.1, 0.15) is 5.52 Å². The molecular weight excluding hydrogens is 360 g/mol. The molecule has 0 radical (unpaired) electrons. The van der Waals surface area contributed by atoms with E-state index in [1.807, 2.05) is 0 Å². The van der Waals surface area contributed by atoms with E-state index in [-0.39, 0.29) is 11.3 Å². The first-order valence-corrected chi connectivity index (χ1v) is 8.39. The van der Waals surface area contributed by atoms with E-state index in [1.165, 1.54) is 12.1 Å². The van der Waals surface area contributed by atoms with Gasteiger partial charge in [-0.05, 0) is 37.3 Å². The number of nitrogens with zero attached hydrogens (tertiary/aromatic N) is 3. The van der Waals surface area contributed by atoms with Crippen LogP contribution in [0.3, 0.4) is 0 Å². The number of aromatic nitrogens is 2. The summed E-state index contributed by atoms with van der Waals surface area (Å²) in [6.45, 7) is 1.55. The predicted octanol–water partition coefficient (Wildman–Crippen LogP) is 4.36. The number of carbonyl (C=O) groups is 1. The third kappa shape index (κ3) is 3.18. The van der Waals surface area contributed by atoms with Crippen LogP contribution in [0, 0.1) is 17.0 Å². The number of rotatable bonds is 4. The fourth-order valence-corrected chi connectivity index (χ4v) is 2.89. The van der Waals surface area contributed by atoms with Crippen molar-refractivity contribution in [2.75, 3.05) is 5.32 Å². The normalized spacial score (nSPS) is 10.8. The lowest BCUT2D eigenvalue weighted by molar-refractivity contribution is -0.385. The molecule has 1 N–H and O–H groups in total. The number of benzene rings is 2. The van der Waals surface area contributed by atoms with Crippen LogP contribution in [-0.4, -0.2) is 20.8 Å². The van der Waals surface area contributed by atoms with Crippen molar-refractivity contribution in [3.05, 3.63) is 82.2 Å². The predicted molar refractivity (Wildman–Crippen MR) is 103 cm³/mol. The van der Waals surface area contributed by atoms with Crippen molar-refractivity contribution < 1.29 is 14.1 Å². The summed E-state index contributed by atoms with van der Waals surface area (Å²) in [5.41, 5.74) is 2.91. The van der Waals surface area contributed by atoms with Gasteiger partial charge in [0.25, 0.3) is 11.6 Å². The second-order valence-corrected chi connectivity index (χ2v) is 6.10. The van der Waals surface area contributed by atoms with Gasteiger partial charge >= 0.3 is 0 Å². The largest absolute Gasteiger partial charge is 0.436 e. The lowest BCUT2D eigenvalue weighted by Crippen LogP contribution is -2.14. The van der Waals surface area contributed by atoms with Gasteiger partial charge in [0.2, 0.25) is 5.89 Å². The Morgan fingerprint density at radius 1 is 1.14 bits per heavy atom. The Hall–Kier alpha value is -4.07. The van der Waals surface area contributed by atoms with Gasteiger partial charge in [0, 0.05) is 46.9 Å². The Morgan fingerprint density at radius 3 is 2.68 bits per heavy atom. The Labute approximate surface area is 159 Å². The first-order chi connectivity index (χ1) is 13.5. The lowest BCUT2D eigenvalue weighted by Gasteiger charge is -2.07. The number of nitrogens with one attached hydrogen (secondary N) is 1. The highest BCUT2D eigenvalue weighted by Gasteiger charge is 2.18. The first-order valence-electron chi connectivity index (χ1n) is 8.39. The molecule has 28 heavy (non-hydrogen) atoms. The Kier molecular flexibility index (Phi) is 4.29. The van der Waals surface area contributed by atoms with Crippen molar-refractivity contribution in [1.29, 1.82) is 0 Å².